The number of halogens is 1. The molecule has 0 saturated carbocycles. The maximum Gasteiger partial charge on any atom is 0.227 e. The van der Waals surface area contributed by atoms with E-state index in [1.54, 1.807) is 18.2 Å². The number of phenols is 1. The molecule has 1 heterocycles. The Hall–Kier alpha value is -2.04. The SMILES string of the molecule is CN(C(=O)Cc1ccccc1O)[C@H](CN1CCCC1)c1ccccc1.Cl. The van der Waals surface area contributed by atoms with Gasteiger partial charge in [0.2, 0.25) is 5.91 Å². The number of hydrogen-bond acceptors (Lipinski definition) is 3. The van der Waals surface area contributed by atoms with Crippen molar-refractivity contribution in [2.75, 3.05) is 26.7 Å². The molecule has 1 aliphatic rings. The van der Waals surface area contributed by atoms with Gasteiger partial charge in [0.05, 0.1) is 12.5 Å². The van der Waals surface area contributed by atoms with E-state index < -0.39 is 0 Å². The van der Waals surface area contributed by atoms with Gasteiger partial charge in [-0.05, 0) is 37.6 Å². The molecule has 0 aromatic heterocycles. The van der Waals surface area contributed by atoms with Gasteiger partial charge in [0, 0.05) is 19.2 Å². The van der Waals surface area contributed by atoms with Gasteiger partial charge in [0.1, 0.15) is 5.75 Å². The standard InChI is InChI=1S/C21H26N2O2.ClH/c1-22(21(25)15-18-11-5-6-12-20(18)24)19(16-23-13-7-8-14-23)17-9-3-2-4-10-17;/h2-6,9-12,19,24H,7-8,13-16H2,1H3;1H/t19-;/m1./s1. The predicted octanol–water partition coefficient (Wildman–Crippen LogP) is 3.65. The second-order valence-electron chi connectivity index (χ2n) is 6.74. The van der Waals surface area contributed by atoms with E-state index in [-0.39, 0.29) is 36.5 Å². The van der Waals surface area contributed by atoms with E-state index in [1.807, 2.05) is 36.2 Å². The monoisotopic (exact) mass is 374 g/mol. The van der Waals surface area contributed by atoms with E-state index in [0.717, 1.165) is 25.2 Å². The summed E-state index contributed by atoms with van der Waals surface area (Å²) < 4.78 is 0. The number of para-hydroxylation sites is 1. The number of phenolic OH excluding ortho intramolecular Hbond substituents is 1. The van der Waals surface area contributed by atoms with Crippen LogP contribution >= 0.6 is 12.4 Å². The zero-order valence-electron chi connectivity index (χ0n) is 15.2. The fourth-order valence-corrected chi connectivity index (χ4v) is 3.46. The van der Waals surface area contributed by atoms with Crippen molar-refractivity contribution in [3.8, 4) is 5.75 Å². The third kappa shape index (κ3) is 4.99. The quantitative estimate of drug-likeness (QED) is 0.839. The van der Waals surface area contributed by atoms with Gasteiger partial charge in [-0.3, -0.25) is 4.79 Å². The summed E-state index contributed by atoms with van der Waals surface area (Å²) in [4.78, 5) is 17.1. The predicted molar refractivity (Wildman–Crippen MR) is 107 cm³/mol. The van der Waals surface area contributed by atoms with Gasteiger partial charge in [0.15, 0.2) is 0 Å². The number of carbonyl (C=O) groups excluding carboxylic acids is 1. The Morgan fingerprint density at radius 2 is 1.69 bits per heavy atom. The molecular formula is C21H27ClN2O2. The van der Waals surface area contributed by atoms with Crippen LogP contribution in [0.4, 0.5) is 0 Å². The largest absolute Gasteiger partial charge is 0.508 e. The molecule has 140 valence electrons. The molecule has 26 heavy (non-hydrogen) atoms. The summed E-state index contributed by atoms with van der Waals surface area (Å²) >= 11 is 0. The van der Waals surface area contributed by atoms with Gasteiger partial charge < -0.3 is 14.9 Å². The number of amides is 1. The van der Waals surface area contributed by atoms with Crippen molar-refractivity contribution >= 4 is 18.3 Å². The lowest BCUT2D eigenvalue weighted by molar-refractivity contribution is -0.131. The van der Waals surface area contributed by atoms with Crippen molar-refractivity contribution in [2.45, 2.75) is 25.3 Å². The number of nitrogens with zero attached hydrogens (tertiary/aromatic N) is 2. The molecule has 1 fully saturated rings. The Morgan fingerprint density at radius 3 is 2.35 bits per heavy atom. The second-order valence-corrected chi connectivity index (χ2v) is 6.74. The summed E-state index contributed by atoms with van der Waals surface area (Å²) in [6.07, 6.45) is 2.68. The molecule has 1 atom stereocenters. The van der Waals surface area contributed by atoms with Crippen molar-refractivity contribution in [3.63, 3.8) is 0 Å². The summed E-state index contributed by atoms with van der Waals surface area (Å²) in [5.74, 6) is 0.203. The molecule has 2 aromatic rings. The van der Waals surface area contributed by atoms with Crippen molar-refractivity contribution in [1.82, 2.24) is 9.80 Å². The van der Waals surface area contributed by atoms with Crippen LogP contribution in [0.15, 0.2) is 54.6 Å². The molecule has 0 radical (unpaired) electrons. The highest BCUT2D eigenvalue weighted by molar-refractivity contribution is 5.85. The topological polar surface area (TPSA) is 43.8 Å². The molecule has 1 aliphatic heterocycles. The fourth-order valence-electron chi connectivity index (χ4n) is 3.46. The van der Waals surface area contributed by atoms with Gasteiger partial charge >= 0.3 is 0 Å². The van der Waals surface area contributed by atoms with Crippen LogP contribution in [0.5, 0.6) is 5.75 Å². The molecule has 0 unspecified atom stereocenters. The van der Waals surface area contributed by atoms with E-state index in [4.69, 9.17) is 0 Å². The van der Waals surface area contributed by atoms with E-state index in [0.29, 0.717) is 5.56 Å². The number of benzene rings is 2. The number of carbonyl (C=O) groups is 1. The Morgan fingerprint density at radius 1 is 1.08 bits per heavy atom. The Labute approximate surface area is 161 Å². The molecule has 5 heteroatoms. The van der Waals surface area contributed by atoms with Gasteiger partial charge in [-0.25, -0.2) is 0 Å². The van der Waals surface area contributed by atoms with Gasteiger partial charge in [-0.15, -0.1) is 12.4 Å². The summed E-state index contributed by atoms with van der Waals surface area (Å²) in [5, 5.41) is 9.95. The van der Waals surface area contributed by atoms with E-state index >= 15 is 0 Å². The molecule has 4 nitrogen and oxygen atoms in total. The molecule has 3 rings (SSSR count). The first kappa shape index (κ1) is 20.3. The lowest BCUT2D eigenvalue weighted by atomic mass is 10.0. The molecule has 1 amide bonds. The van der Waals surface area contributed by atoms with Crippen LogP contribution in [0.2, 0.25) is 0 Å². The maximum absolute atomic E-state index is 12.8. The molecule has 0 bridgehead atoms. The maximum atomic E-state index is 12.8. The second kappa shape index (κ2) is 9.60. The number of hydrogen-bond donors (Lipinski definition) is 1. The van der Waals surface area contributed by atoms with Crippen LogP contribution in [0.1, 0.15) is 30.0 Å². The summed E-state index contributed by atoms with van der Waals surface area (Å²) in [6, 6.07) is 17.3. The average Bonchev–Trinajstić information content (AvgIpc) is 3.15. The molecule has 0 spiro atoms. The van der Waals surface area contributed by atoms with Crippen molar-refractivity contribution < 1.29 is 9.90 Å². The molecule has 0 aliphatic carbocycles. The lowest BCUT2D eigenvalue weighted by Crippen LogP contribution is -2.39. The van der Waals surface area contributed by atoms with Crippen LogP contribution in [-0.2, 0) is 11.2 Å². The average molecular weight is 375 g/mol. The first-order valence-electron chi connectivity index (χ1n) is 8.95. The van der Waals surface area contributed by atoms with Crippen LogP contribution < -0.4 is 0 Å². The highest BCUT2D eigenvalue weighted by atomic mass is 35.5. The first-order chi connectivity index (χ1) is 12.1. The summed E-state index contributed by atoms with van der Waals surface area (Å²) in [5.41, 5.74) is 1.83. The minimum absolute atomic E-state index is 0. The number of aromatic hydroxyl groups is 1. The smallest absolute Gasteiger partial charge is 0.227 e. The van der Waals surface area contributed by atoms with E-state index in [9.17, 15) is 9.90 Å². The Bertz CT molecular complexity index is 702. The Balaban J connectivity index is 0.00000243. The highest BCUT2D eigenvalue weighted by Crippen LogP contribution is 2.25. The molecule has 1 N–H and O–H groups in total. The third-order valence-electron chi connectivity index (χ3n) is 5.01. The van der Waals surface area contributed by atoms with Crippen LogP contribution in [0.25, 0.3) is 0 Å². The zero-order valence-corrected chi connectivity index (χ0v) is 16.0. The zero-order chi connectivity index (χ0) is 17.6. The van der Waals surface area contributed by atoms with Crippen LogP contribution in [0.3, 0.4) is 0 Å². The van der Waals surface area contributed by atoms with Gasteiger partial charge in [0.25, 0.3) is 0 Å². The Kier molecular flexibility index (Phi) is 7.49. The van der Waals surface area contributed by atoms with Crippen molar-refractivity contribution in [3.05, 3.63) is 65.7 Å². The minimum Gasteiger partial charge on any atom is -0.508 e. The van der Waals surface area contributed by atoms with Gasteiger partial charge in [-0.2, -0.15) is 0 Å². The van der Waals surface area contributed by atoms with Crippen LogP contribution in [-0.4, -0.2) is 47.5 Å². The first-order valence-corrected chi connectivity index (χ1v) is 8.95. The lowest BCUT2D eigenvalue weighted by Gasteiger charge is -2.32. The summed E-state index contributed by atoms with van der Waals surface area (Å²) in [6.45, 7) is 3.06. The highest BCUT2D eigenvalue weighted by Gasteiger charge is 2.25. The third-order valence-corrected chi connectivity index (χ3v) is 5.01. The normalized spacial score (nSPS) is 15.3. The molecular weight excluding hydrogens is 348 g/mol. The van der Waals surface area contributed by atoms with Gasteiger partial charge in [-0.1, -0.05) is 48.5 Å². The molecule has 1 saturated heterocycles. The number of likely N-dealkylation sites (tertiary alicyclic amines) is 1. The van der Waals surface area contributed by atoms with Crippen LogP contribution in [0, 0.1) is 0 Å². The van der Waals surface area contributed by atoms with E-state index in [2.05, 4.69) is 17.0 Å². The number of likely N-dealkylation sites (N-methyl/N-ethyl adjacent to an activating group) is 1. The number of rotatable bonds is 6. The minimum atomic E-state index is 0. The fraction of sp³-hybridized carbons (Fsp3) is 0.381. The van der Waals surface area contributed by atoms with Crippen molar-refractivity contribution in [2.24, 2.45) is 0 Å². The van der Waals surface area contributed by atoms with E-state index in [1.165, 1.54) is 12.8 Å². The van der Waals surface area contributed by atoms with Crippen molar-refractivity contribution in [1.29, 1.82) is 0 Å². The molecule has 2 aromatic carbocycles. The summed E-state index contributed by atoms with van der Waals surface area (Å²) in [7, 11) is 1.87.